The lowest BCUT2D eigenvalue weighted by molar-refractivity contribution is -0.135. The second-order valence-corrected chi connectivity index (χ2v) is 7.03. The minimum Gasteiger partial charge on any atom is -0.393 e. The number of aliphatic hydroxyl groups excluding tert-OH is 1. The molecule has 1 aliphatic rings. The lowest BCUT2D eigenvalue weighted by atomic mass is 9.99. The maximum atomic E-state index is 12.8. The van der Waals surface area contributed by atoms with Gasteiger partial charge in [-0.15, -0.1) is 0 Å². The summed E-state index contributed by atoms with van der Waals surface area (Å²) >= 11 is 0. The fourth-order valence-corrected chi connectivity index (χ4v) is 3.06. The van der Waals surface area contributed by atoms with Gasteiger partial charge in [-0.25, -0.2) is 0 Å². The van der Waals surface area contributed by atoms with Crippen LogP contribution in [0.3, 0.4) is 0 Å². The molecule has 132 valence electrons. The van der Waals surface area contributed by atoms with Crippen LogP contribution in [0.2, 0.25) is 0 Å². The number of hydrogen-bond donors (Lipinski definition) is 2. The standard InChI is InChI=1S/C19H28N2O3/c1-13(2)12-17(19(24)21-10-8-15(22)9-11-21)20-18(23)16-7-5-4-6-14(16)3/h4-7,13,15,17,22H,8-12H2,1-3H3,(H,20,23). The molecule has 1 heterocycles. The van der Waals surface area contributed by atoms with Crippen molar-refractivity contribution in [2.45, 2.75) is 52.2 Å². The van der Waals surface area contributed by atoms with Gasteiger partial charge < -0.3 is 15.3 Å². The Hall–Kier alpha value is -1.88. The number of carbonyl (C=O) groups excluding carboxylic acids is 2. The molecule has 1 fully saturated rings. The number of amides is 2. The van der Waals surface area contributed by atoms with Gasteiger partial charge in [0, 0.05) is 18.7 Å². The molecule has 0 saturated carbocycles. The summed E-state index contributed by atoms with van der Waals surface area (Å²) in [5, 5.41) is 12.5. The highest BCUT2D eigenvalue weighted by molar-refractivity contribution is 5.98. The van der Waals surface area contributed by atoms with Crippen molar-refractivity contribution < 1.29 is 14.7 Å². The van der Waals surface area contributed by atoms with Crippen LogP contribution in [0.5, 0.6) is 0 Å². The third kappa shape index (κ3) is 4.81. The van der Waals surface area contributed by atoms with Gasteiger partial charge >= 0.3 is 0 Å². The van der Waals surface area contributed by atoms with Crippen molar-refractivity contribution in [2.75, 3.05) is 13.1 Å². The first-order chi connectivity index (χ1) is 11.4. The van der Waals surface area contributed by atoms with Gasteiger partial charge in [-0.3, -0.25) is 9.59 Å². The lowest BCUT2D eigenvalue weighted by Gasteiger charge is -2.33. The van der Waals surface area contributed by atoms with Gasteiger partial charge in [0.2, 0.25) is 5.91 Å². The Kier molecular flexibility index (Phi) is 6.37. The van der Waals surface area contributed by atoms with Gasteiger partial charge in [0.05, 0.1) is 6.10 Å². The number of aliphatic hydroxyl groups is 1. The van der Waals surface area contributed by atoms with Gasteiger partial charge in [0.15, 0.2) is 0 Å². The van der Waals surface area contributed by atoms with Crippen LogP contribution in [-0.4, -0.2) is 47.1 Å². The summed E-state index contributed by atoms with van der Waals surface area (Å²) in [6.45, 7) is 7.07. The summed E-state index contributed by atoms with van der Waals surface area (Å²) in [5.41, 5.74) is 1.50. The average molecular weight is 332 g/mol. The predicted octanol–water partition coefficient (Wildman–Crippen LogP) is 2.12. The van der Waals surface area contributed by atoms with Crippen molar-refractivity contribution in [1.82, 2.24) is 10.2 Å². The van der Waals surface area contributed by atoms with Crippen LogP contribution in [0, 0.1) is 12.8 Å². The van der Waals surface area contributed by atoms with Crippen LogP contribution in [-0.2, 0) is 4.79 Å². The summed E-state index contributed by atoms with van der Waals surface area (Å²) in [7, 11) is 0. The fourth-order valence-electron chi connectivity index (χ4n) is 3.06. The smallest absolute Gasteiger partial charge is 0.252 e. The lowest BCUT2D eigenvalue weighted by Crippen LogP contribution is -2.51. The van der Waals surface area contributed by atoms with Crippen molar-refractivity contribution in [2.24, 2.45) is 5.92 Å². The Morgan fingerprint density at radius 1 is 1.25 bits per heavy atom. The molecule has 1 saturated heterocycles. The summed E-state index contributed by atoms with van der Waals surface area (Å²) in [5.74, 6) is 0.0492. The summed E-state index contributed by atoms with van der Waals surface area (Å²) < 4.78 is 0. The van der Waals surface area contributed by atoms with Crippen LogP contribution in [0.25, 0.3) is 0 Å². The van der Waals surface area contributed by atoms with E-state index >= 15 is 0 Å². The highest BCUT2D eigenvalue weighted by Gasteiger charge is 2.29. The topological polar surface area (TPSA) is 69.6 Å². The summed E-state index contributed by atoms with van der Waals surface area (Å²) in [6, 6.07) is 6.86. The van der Waals surface area contributed by atoms with E-state index < -0.39 is 6.04 Å². The quantitative estimate of drug-likeness (QED) is 0.868. The molecule has 0 aromatic heterocycles. The summed E-state index contributed by atoms with van der Waals surface area (Å²) in [4.78, 5) is 27.2. The van der Waals surface area contributed by atoms with Crippen LogP contribution < -0.4 is 5.32 Å². The first kappa shape index (κ1) is 18.5. The molecule has 5 nitrogen and oxygen atoms in total. The molecule has 1 atom stereocenters. The normalized spacial score (nSPS) is 17.0. The minimum atomic E-state index is -0.521. The predicted molar refractivity (Wildman–Crippen MR) is 93.7 cm³/mol. The molecule has 1 unspecified atom stereocenters. The van der Waals surface area contributed by atoms with Crippen LogP contribution in [0.15, 0.2) is 24.3 Å². The van der Waals surface area contributed by atoms with E-state index in [1.54, 1.807) is 11.0 Å². The zero-order valence-corrected chi connectivity index (χ0v) is 14.8. The third-order valence-corrected chi connectivity index (χ3v) is 4.48. The number of rotatable bonds is 5. The van der Waals surface area contributed by atoms with Gasteiger partial charge in [0.25, 0.3) is 5.91 Å². The van der Waals surface area contributed by atoms with Gasteiger partial charge in [-0.2, -0.15) is 0 Å². The second-order valence-electron chi connectivity index (χ2n) is 7.03. The fraction of sp³-hybridized carbons (Fsp3) is 0.579. The zero-order valence-electron chi connectivity index (χ0n) is 14.8. The number of likely N-dealkylation sites (tertiary alicyclic amines) is 1. The van der Waals surface area contributed by atoms with Crippen LogP contribution >= 0.6 is 0 Å². The molecular weight excluding hydrogens is 304 g/mol. The molecule has 1 aliphatic heterocycles. The minimum absolute atomic E-state index is 0.0439. The number of piperidine rings is 1. The number of hydrogen-bond acceptors (Lipinski definition) is 3. The van der Waals surface area contributed by atoms with E-state index in [9.17, 15) is 14.7 Å². The van der Waals surface area contributed by atoms with Crippen molar-refractivity contribution in [3.8, 4) is 0 Å². The van der Waals surface area contributed by atoms with Crippen LogP contribution in [0.1, 0.15) is 49.0 Å². The molecule has 2 rings (SSSR count). The number of carbonyl (C=O) groups is 2. The Morgan fingerprint density at radius 2 is 1.88 bits per heavy atom. The zero-order chi connectivity index (χ0) is 17.7. The molecule has 1 aromatic carbocycles. The largest absolute Gasteiger partial charge is 0.393 e. The number of benzene rings is 1. The third-order valence-electron chi connectivity index (χ3n) is 4.48. The van der Waals surface area contributed by atoms with E-state index in [4.69, 9.17) is 0 Å². The van der Waals surface area contributed by atoms with E-state index in [2.05, 4.69) is 5.32 Å². The SMILES string of the molecule is Cc1ccccc1C(=O)NC(CC(C)C)C(=O)N1CCC(O)CC1. The van der Waals surface area contributed by atoms with E-state index in [0.29, 0.717) is 43.8 Å². The number of nitrogens with one attached hydrogen (secondary N) is 1. The van der Waals surface area contributed by atoms with E-state index in [-0.39, 0.29) is 17.9 Å². The molecule has 2 N–H and O–H groups in total. The van der Waals surface area contributed by atoms with Crippen molar-refractivity contribution in [3.05, 3.63) is 35.4 Å². The number of nitrogens with zero attached hydrogens (tertiary/aromatic N) is 1. The first-order valence-corrected chi connectivity index (χ1v) is 8.71. The molecule has 24 heavy (non-hydrogen) atoms. The number of aryl methyl sites for hydroxylation is 1. The van der Waals surface area contributed by atoms with E-state index in [0.717, 1.165) is 5.56 Å². The molecule has 5 heteroatoms. The monoisotopic (exact) mass is 332 g/mol. The molecule has 0 radical (unpaired) electrons. The van der Waals surface area contributed by atoms with Gasteiger partial charge in [0.1, 0.15) is 6.04 Å². The van der Waals surface area contributed by atoms with Crippen molar-refractivity contribution in [1.29, 1.82) is 0 Å². The summed E-state index contributed by atoms with van der Waals surface area (Å²) in [6.07, 6.45) is 1.49. The Balaban J connectivity index is 2.09. The maximum Gasteiger partial charge on any atom is 0.252 e. The molecule has 2 amide bonds. The molecular formula is C19H28N2O3. The molecule has 0 aliphatic carbocycles. The van der Waals surface area contributed by atoms with E-state index in [1.165, 1.54) is 0 Å². The highest BCUT2D eigenvalue weighted by atomic mass is 16.3. The van der Waals surface area contributed by atoms with Crippen molar-refractivity contribution >= 4 is 11.8 Å². The molecule has 0 bridgehead atoms. The highest BCUT2D eigenvalue weighted by Crippen LogP contribution is 2.15. The molecule has 0 spiro atoms. The first-order valence-electron chi connectivity index (χ1n) is 8.71. The van der Waals surface area contributed by atoms with Gasteiger partial charge in [-0.05, 0) is 43.7 Å². The second kappa shape index (κ2) is 8.29. The Labute approximate surface area is 144 Å². The van der Waals surface area contributed by atoms with Crippen molar-refractivity contribution in [3.63, 3.8) is 0 Å². The van der Waals surface area contributed by atoms with E-state index in [1.807, 2.05) is 39.0 Å². The Morgan fingerprint density at radius 3 is 2.46 bits per heavy atom. The molecule has 1 aromatic rings. The average Bonchev–Trinajstić information content (AvgIpc) is 2.54. The maximum absolute atomic E-state index is 12.8. The van der Waals surface area contributed by atoms with Crippen LogP contribution in [0.4, 0.5) is 0 Å². The Bertz CT molecular complexity index is 578. The van der Waals surface area contributed by atoms with Gasteiger partial charge in [-0.1, -0.05) is 32.0 Å².